The van der Waals surface area contributed by atoms with E-state index in [9.17, 15) is 14.9 Å². The summed E-state index contributed by atoms with van der Waals surface area (Å²) >= 11 is 0. The third-order valence-corrected chi connectivity index (χ3v) is 2.70. The highest BCUT2D eigenvalue weighted by atomic mass is 16.6. The van der Waals surface area contributed by atoms with E-state index >= 15 is 0 Å². The highest BCUT2D eigenvalue weighted by Crippen LogP contribution is 2.29. The Bertz CT molecular complexity index is 473. The van der Waals surface area contributed by atoms with E-state index in [4.69, 9.17) is 10.5 Å². The molecule has 0 aliphatic heterocycles. The van der Waals surface area contributed by atoms with E-state index in [-0.39, 0.29) is 23.7 Å². The molecule has 1 aliphatic carbocycles. The molecule has 0 aromatic carbocycles. The minimum absolute atomic E-state index is 0.00273. The van der Waals surface area contributed by atoms with Gasteiger partial charge in [-0.1, -0.05) is 0 Å². The molecule has 1 aliphatic rings. The van der Waals surface area contributed by atoms with Crippen molar-refractivity contribution in [2.24, 2.45) is 5.73 Å². The second-order valence-electron chi connectivity index (χ2n) is 4.00. The average Bonchev–Trinajstić information content (AvgIpc) is 2.26. The van der Waals surface area contributed by atoms with Crippen LogP contribution < -0.4 is 11.1 Å². The molecule has 0 unspecified atom stereocenters. The van der Waals surface area contributed by atoms with E-state index in [0.29, 0.717) is 12.8 Å². The van der Waals surface area contributed by atoms with Crippen LogP contribution in [0.1, 0.15) is 12.8 Å². The van der Waals surface area contributed by atoms with Crippen molar-refractivity contribution in [3.8, 4) is 0 Å². The van der Waals surface area contributed by atoms with Crippen LogP contribution in [0.3, 0.4) is 0 Å². The average molecular weight is 252 g/mol. The maximum absolute atomic E-state index is 10.8. The molecule has 18 heavy (non-hydrogen) atoms. The number of carbonyl (C=O) groups is 1. The number of anilines is 1. The van der Waals surface area contributed by atoms with E-state index in [1.54, 1.807) is 0 Å². The van der Waals surface area contributed by atoms with Crippen molar-refractivity contribution in [2.75, 3.05) is 5.32 Å². The number of pyridine rings is 1. The zero-order valence-corrected chi connectivity index (χ0v) is 9.41. The van der Waals surface area contributed by atoms with Gasteiger partial charge in [0, 0.05) is 31.1 Å². The van der Waals surface area contributed by atoms with Crippen molar-refractivity contribution in [1.82, 2.24) is 4.98 Å². The van der Waals surface area contributed by atoms with Crippen LogP contribution in [0.25, 0.3) is 0 Å². The number of carbonyl (C=O) groups excluding carboxylic acids is 1. The summed E-state index contributed by atoms with van der Waals surface area (Å²) in [6, 6.07) is 2.89. The fraction of sp³-hybridized carbons (Fsp3) is 0.400. The molecule has 2 rings (SSSR count). The molecule has 1 aromatic rings. The lowest BCUT2D eigenvalue weighted by Gasteiger charge is -2.34. The molecule has 8 heteroatoms. The fourth-order valence-electron chi connectivity index (χ4n) is 1.79. The Morgan fingerprint density at radius 1 is 1.61 bits per heavy atom. The second kappa shape index (κ2) is 4.86. The minimum atomic E-state index is -0.803. The first-order chi connectivity index (χ1) is 8.56. The molecule has 96 valence electrons. The molecular formula is C10H12N4O4. The molecule has 1 aromatic heterocycles. The highest BCUT2D eigenvalue weighted by Gasteiger charge is 2.33. The zero-order valence-electron chi connectivity index (χ0n) is 9.41. The van der Waals surface area contributed by atoms with Gasteiger partial charge in [0.25, 0.3) is 0 Å². The fourth-order valence-corrected chi connectivity index (χ4v) is 1.79. The van der Waals surface area contributed by atoms with Crippen molar-refractivity contribution < 1.29 is 14.5 Å². The molecule has 1 heterocycles. The monoisotopic (exact) mass is 252 g/mol. The van der Waals surface area contributed by atoms with Gasteiger partial charge in [-0.05, 0) is 6.07 Å². The van der Waals surface area contributed by atoms with Crippen LogP contribution in [0.2, 0.25) is 0 Å². The summed E-state index contributed by atoms with van der Waals surface area (Å²) in [6.07, 6.45) is 1.59. The largest absolute Gasteiger partial charge is 0.446 e. The molecule has 8 nitrogen and oxygen atoms in total. The highest BCUT2D eigenvalue weighted by molar-refractivity contribution is 5.65. The van der Waals surface area contributed by atoms with Crippen LogP contribution in [0, 0.1) is 10.1 Å². The Labute approximate surface area is 102 Å². The topological polar surface area (TPSA) is 120 Å². The summed E-state index contributed by atoms with van der Waals surface area (Å²) in [6.45, 7) is 0. The predicted octanol–water partition coefficient (Wildman–Crippen LogP) is 1.03. The van der Waals surface area contributed by atoms with Gasteiger partial charge < -0.3 is 15.8 Å². The summed E-state index contributed by atoms with van der Waals surface area (Å²) in [5.41, 5.74) is 4.81. The first kappa shape index (κ1) is 12.1. The number of primary amides is 1. The summed E-state index contributed by atoms with van der Waals surface area (Å²) in [5.74, 6) is 0.227. The van der Waals surface area contributed by atoms with Crippen LogP contribution >= 0.6 is 0 Å². The quantitative estimate of drug-likeness (QED) is 0.609. The van der Waals surface area contributed by atoms with E-state index in [1.165, 1.54) is 18.3 Å². The Morgan fingerprint density at radius 3 is 2.94 bits per heavy atom. The predicted molar refractivity (Wildman–Crippen MR) is 62.0 cm³/mol. The van der Waals surface area contributed by atoms with E-state index in [1.807, 2.05) is 0 Å². The second-order valence-corrected chi connectivity index (χ2v) is 4.00. The number of nitrogens with zero attached hydrogens (tertiary/aromatic N) is 2. The van der Waals surface area contributed by atoms with Gasteiger partial charge in [-0.2, -0.15) is 0 Å². The van der Waals surface area contributed by atoms with Crippen molar-refractivity contribution >= 4 is 17.6 Å². The maximum atomic E-state index is 10.8. The van der Waals surface area contributed by atoms with Crippen molar-refractivity contribution in [3.05, 3.63) is 28.4 Å². The molecule has 0 atom stereocenters. The number of nitrogens with two attached hydrogens (primary N) is 1. The maximum Gasteiger partial charge on any atom is 0.404 e. The van der Waals surface area contributed by atoms with Gasteiger partial charge in [-0.15, -0.1) is 0 Å². The third-order valence-electron chi connectivity index (χ3n) is 2.70. The summed E-state index contributed by atoms with van der Waals surface area (Å²) in [4.78, 5) is 24.7. The Morgan fingerprint density at radius 2 is 2.33 bits per heavy atom. The van der Waals surface area contributed by atoms with Crippen LogP contribution in [0.15, 0.2) is 18.3 Å². The zero-order chi connectivity index (χ0) is 13.1. The molecule has 3 N–H and O–H groups in total. The molecule has 1 saturated carbocycles. The van der Waals surface area contributed by atoms with Crippen LogP contribution in [-0.4, -0.2) is 28.1 Å². The Balaban J connectivity index is 1.92. The summed E-state index contributed by atoms with van der Waals surface area (Å²) in [5, 5.41) is 13.7. The smallest absolute Gasteiger partial charge is 0.404 e. The number of nitrogens with one attached hydrogen (secondary N) is 1. The van der Waals surface area contributed by atoms with Gasteiger partial charge in [-0.25, -0.2) is 9.78 Å². The number of ether oxygens (including phenoxy) is 1. The summed E-state index contributed by atoms with van der Waals surface area (Å²) in [7, 11) is 0. The Hall–Kier alpha value is -2.38. The van der Waals surface area contributed by atoms with Gasteiger partial charge >= 0.3 is 11.8 Å². The minimum Gasteiger partial charge on any atom is -0.446 e. The molecular weight excluding hydrogens is 240 g/mol. The van der Waals surface area contributed by atoms with Gasteiger partial charge in [-0.3, -0.25) is 10.1 Å². The van der Waals surface area contributed by atoms with Crippen LogP contribution in [0.4, 0.5) is 16.3 Å². The van der Waals surface area contributed by atoms with Gasteiger partial charge in [0.2, 0.25) is 5.82 Å². The SMILES string of the molecule is NC(=O)OC1CC(Nc2ncccc2[N+](=O)[O-])C1. The number of aromatic nitrogens is 1. The number of amides is 1. The summed E-state index contributed by atoms with van der Waals surface area (Å²) < 4.78 is 4.78. The molecule has 0 bridgehead atoms. The van der Waals surface area contributed by atoms with Crippen molar-refractivity contribution in [2.45, 2.75) is 25.0 Å². The number of rotatable bonds is 4. The van der Waals surface area contributed by atoms with Gasteiger partial charge in [0.1, 0.15) is 6.10 Å². The van der Waals surface area contributed by atoms with Crippen molar-refractivity contribution in [1.29, 1.82) is 0 Å². The number of hydrogen-bond acceptors (Lipinski definition) is 6. The molecule has 1 amide bonds. The number of nitro groups is 1. The third kappa shape index (κ3) is 2.65. The van der Waals surface area contributed by atoms with Crippen LogP contribution in [0.5, 0.6) is 0 Å². The van der Waals surface area contributed by atoms with Gasteiger partial charge in [0.05, 0.1) is 4.92 Å². The number of hydrogen-bond donors (Lipinski definition) is 2. The molecule has 0 spiro atoms. The lowest BCUT2D eigenvalue weighted by Crippen LogP contribution is -2.43. The molecule has 0 saturated heterocycles. The van der Waals surface area contributed by atoms with Gasteiger partial charge in [0.15, 0.2) is 0 Å². The first-order valence-electron chi connectivity index (χ1n) is 5.38. The van der Waals surface area contributed by atoms with E-state index in [0.717, 1.165) is 0 Å². The molecule has 1 fully saturated rings. The van der Waals surface area contributed by atoms with Crippen LogP contribution in [-0.2, 0) is 4.74 Å². The van der Waals surface area contributed by atoms with E-state index < -0.39 is 11.0 Å². The lowest BCUT2D eigenvalue weighted by atomic mass is 9.89. The molecule has 0 radical (unpaired) electrons. The van der Waals surface area contributed by atoms with Crippen molar-refractivity contribution in [3.63, 3.8) is 0 Å². The lowest BCUT2D eigenvalue weighted by molar-refractivity contribution is -0.384. The first-order valence-corrected chi connectivity index (χ1v) is 5.38. The van der Waals surface area contributed by atoms with E-state index in [2.05, 4.69) is 10.3 Å². The Kier molecular flexibility index (Phi) is 3.26. The standard InChI is InChI=1S/C10H12N4O4/c11-10(15)18-7-4-6(5-7)13-9-8(14(16)17)2-1-3-12-9/h1-3,6-7H,4-5H2,(H2,11,15)(H,12,13). The normalized spacial score (nSPS) is 21.8.